The number of imide groups is 2. The van der Waals surface area contributed by atoms with Crippen LogP contribution in [0.3, 0.4) is 0 Å². The van der Waals surface area contributed by atoms with E-state index in [4.69, 9.17) is 28.7 Å². The molecular formula is C51H59N9O12. The number of ketones is 2. The highest BCUT2D eigenvalue weighted by Gasteiger charge is 2.46. The number of nitrogens with one attached hydrogen (secondary N) is 2. The average Bonchev–Trinajstić information content (AvgIpc) is 3.61. The van der Waals surface area contributed by atoms with E-state index in [1.54, 1.807) is 31.3 Å². The number of aromatic nitrogens is 2. The Morgan fingerprint density at radius 3 is 2.15 bits per heavy atom. The molecule has 1 atom stereocenters. The molecule has 5 heterocycles. The van der Waals surface area contributed by atoms with Gasteiger partial charge in [-0.3, -0.25) is 48.7 Å². The lowest BCUT2D eigenvalue weighted by atomic mass is 10.0. The molecule has 0 spiro atoms. The molecule has 1 unspecified atom stereocenters. The van der Waals surface area contributed by atoms with Gasteiger partial charge in [0.15, 0.2) is 11.6 Å². The van der Waals surface area contributed by atoms with Gasteiger partial charge in [0, 0.05) is 84.5 Å². The van der Waals surface area contributed by atoms with Gasteiger partial charge in [0.1, 0.15) is 35.6 Å². The summed E-state index contributed by atoms with van der Waals surface area (Å²) in [6, 6.07) is 16.8. The summed E-state index contributed by atoms with van der Waals surface area (Å²) >= 11 is 0. The van der Waals surface area contributed by atoms with Crippen molar-refractivity contribution in [1.29, 1.82) is 0 Å². The quantitative estimate of drug-likeness (QED) is 0.0748. The second-order valence-electron chi connectivity index (χ2n) is 17.7. The minimum Gasteiger partial charge on any atom is -0.494 e. The molecule has 2 fully saturated rings. The lowest BCUT2D eigenvalue weighted by Crippen LogP contribution is -2.54. The Hall–Kier alpha value is -7.33. The van der Waals surface area contributed by atoms with Gasteiger partial charge >= 0.3 is 0 Å². The lowest BCUT2D eigenvalue weighted by Gasteiger charge is -2.36. The zero-order valence-corrected chi connectivity index (χ0v) is 40.7. The molecule has 0 radical (unpaired) electrons. The molecule has 380 valence electrons. The second-order valence-corrected chi connectivity index (χ2v) is 17.7. The number of methoxy groups -OCH3 is 1. The zero-order valence-electron chi connectivity index (χ0n) is 40.7. The first-order valence-corrected chi connectivity index (χ1v) is 24.1. The standard InChI is InChI=1S/C51H59N9O12/c1-56-39-13-5-4-11-36(39)48(65)57(2)41-30-52-51(55-46(41)56)53-38-16-15-33(29-43(38)68-3)59-21-19-58(20-22-59)31-34(61)9-7-23-69-25-27-71-28-26-70-24-8-10-35(62)32-72-42-14-6-12-37-45(42)50(67)60(49(37)66)40-17-18-44(63)54-47(40)64/h4-6,11-16,29-30,40H,7-10,17-28,31-32H2,1-3H3,(H,52,53,55)(H,54,63,64). The maximum absolute atomic E-state index is 13.2. The van der Waals surface area contributed by atoms with Crippen molar-refractivity contribution in [3.05, 3.63) is 83.6 Å². The molecule has 4 aliphatic rings. The van der Waals surface area contributed by atoms with Crippen molar-refractivity contribution in [3.63, 3.8) is 0 Å². The van der Waals surface area contributed by atoms with E-state index in [-0.39, 0.29) is 60.2 Å². The summed E-state index contributed by atoms with van der Waals surface area (Å²) < 4.78 is 28.2. The van der Waals surface area contributed by atoms with Crippen LogP contribution in [-0.4, -0.2) is 167 Å². The SMILES string of the molecule is COc1cc(N2CCN(CC(=O)CCCOCCOCCOCCCC(=O)COc3cccc4c3C(=O)N(C3CCC(=O)NC3=O)C4=O)CC2)ccc1Nc1ncc2c(n1)N(C)c1ccccc1C(=O)N2C. The van der Waals surface area contributed by atoms with Crippen molar-refractivity contribution in [3.8, 4) is 11.5 Å². The van der Waals surface area contributed by atoms with E-state index in [1.165, 1.54) is 18.2 Å². The molecule has 0 aliphatic carbocycles. The number of fused-ring (bicyclic) bond motifs is 3. The van der Waals surface area contributed by atoms with Crippen molar-refractivity contribution >= 4 is 75.6 Å². The van der Waals surface area contributed by atoms with Crippen LogP contribution in [-0.2, 0) is 33.4 Å². The van der Waals surface area contributed by atoms with Crippen molar-refractivity contribution in [2.75, 3.05) is 120 Å². The molecule has 72 heavy (non-hydrogen) atoms. The average molecular weight is 990 g/mol. The van der Waals surface area contributed by atoms with E-state index in [2.05, 4.69) is 25.4 Å². The van der Waals surface area contributed by atoms with Gasteiger partial charge in [-0.2, -0.15) is 4.98 Å². The van der Waals surface area contributed by atoms with Gasteiger partial charge in [0.05, 0.1) is 74.3 Å². The van der Waals surface area contributed by atoms with Crippen LogP contribution in [0.15, 0.2) is 66.9 Å². The summed E-state index contributed by atoms with van der Waals surface area (Å²) in [5, 5.41) is 5.46. The van der Waals surface area contributed by atoms with Gasteiger partial charge in [0.2, 0.25) is 17.8 Å². The van der Waals surface area contributed by atoms with E-state index in [0.29, 0.717) is 99.9 Å². The largest absolute Gasteiger partial charge is 0.494 e. The van der Waals surface area contributed by atoms with Crippen LogP contribution in [0.1, 0.15) is 69.6 Å². The molecule has 2 N–H and O–H groups in total. The number of hydrogen-bond donors (Lipinski definition) is 2. The van der Waals surface area contributed by atoms with Gasteiger partial charge in [0.25, 0.3) is 17.7 Å². The summed E-state index contributed by atoms with van der Waals surface area (Å²) in [5.74, 6) is -1.05. The molecule has 5 amide bonds. The number of benzene rings is 3. The maximum atomic E-state index is 13.2. The molecule has 21 nitrogen and oxygen atoms in total. The van der Waals surface area contributed by atoms with Gasteiger partial charge in [-0.15, -0.1) is 0 Å². The summed E-state index contributed by atoms with van der Waals surface area (Å²) in [5.41, 5.74) is 3.70. The monoisotopic (exact) mass is 989 g/mol. The van der Waals surface area contributed by atoms with E-state index < -0.39 is 29.7 Å². The minimum absolute atomic E-state index is 0.00890. The number of hydrogen-bond acceptors (Lipinski definition) is 18. The highest BCUT2D eigenvalue weighted by atomic mass is 16.5. The number of para-hydroxylation sites is 1. The first kappa shape index (κ1) is 51.0. The number of ether oxygens (including phenoxy) is 5. The molecule has 2 saturated heterocycles. The normalized spacial score (nSPS) is 16.8. The third-order valence-corrected chi connectivity index (χ3v) is 12.8. The number of piperidine rings is 1. The molecule has 8 rings (SSSR count). The topological polar surface area (TPSA) is 232 Å². The first-order valence-electron chi connectivity index (χ1n) is 24.1. The number of Topliss-reactive ketones (excluding diaryl/α,β-unsaturated/α-hetero) is 2. The Morgan fingerprint density at radius 2 is 1.43 bits per heavy atom. The molecule has 1 aromatic heterocycles. The van der Waals surface area contributed by atoms with Crippen molar-refractivity contribution in [2.45, 2.75) is 44.6 Å². The Morgan fingerprint density at radius 1 is 0.736 bits per heavy atom. The Bertz CT molecular complexity index is 2690. The Kier molecular flexibility index (Phi) is 16.8. The molecule has 3 aromatic carbocycles. The van der Waals surface area contributed by atoms with Crippen LogP contribution in [0.2, 0.25) is 0 Å². The number of carbonyl (C=O) groups excluding carboxylic acids is 7. The Labute approximate surface area is 416 Å². The number of anilines is 6. The van der Waals surface area contributed by atoms with Crippen LogP contribution in [0, 0.1) is 0 Å². The smallest absolute Gasteiger partial charge is 0.266 e. The first-order chi connectivity index (χ1) is 34.9. The molecule has 0 bridgehead atoms. The fourth-order valence-corrected chi connectivity index (χ4v) is 8.97. The maximum Gasteiger partial charge on any atom is 0.266 e. The summed E-state index contributed by atoms with van der Waals surface area (Å²) in [7, 11) is 5.21. The summed E-state index contributed by atoms with van der Waals surface area (Å²) in [6.07, 6.45) is 3.37. The van der Waals surface area contributed by atoms with Gasteiger partial charge in [-0.25, -0.2) is 4.98 Å². The Balaban J connectivity index is 0.648. The van der Waals surface area contributed by atoms with Crippen molar-refractivity contribution < 1.29 is 57.2 Å². The van der Waals surface area contributed by atoms with Crippen molar-refractivity contribution in [1.82, 2.24) is 25.1 Å². The molecular weight excluding hydrogens is 931 g/mol. The van der Waals surface area contributed by atoms with E-state index >= 15 is 0 Å². The van der Waals surface area contributed by atoms with E-state index in [1.807, 2.05) is 48.3 Å². The number of rotatable bonds is 24. The predicted octanol–water partition coefficient (Wildman–Crippen LogP) is 3.94. The van der Waals surface area contributed by atoms with Crippen LogP contribution in [0.25, 0.3) is 0 Å². The zero-order chi connectivity index (χ0) is 50.7. The van der Waals surface area contributed by atoms with Gasteiger partial charge in [-0.1, -0.05) is 18.2 Å². The van der Waals surface area contributed by atoms with E-state index in [0.717, 1.165) is 42.5 Å². The number of amides is 5. The fourth-order valence-electron chi connectivity index (χ4n) is 8.97. The number of piperazine rings is 1. The van der Waals surface area contributed by atoms with Crippen LogP contribution >= 0.6 is 0 Å². The minimum atomic E-state index is -1.10. The highest BCUT2D eigenvalue weighted by molar-refractivity contribution is 6.24. The number of nitrogens with zero attached hydrogens (tertiary/aromatic N) is 7. The summed E-state index contributed by atoms with van der Waals surface area (Å²) in [6.45, 7) is 5.34. The van der Waals surface area contributed by atoms with Crippen LogP contribution in [0.4, 0.5) is 34.5 Å². The third-order valence-electron chi connectivity index (χ3n) is 12.8. The highest BCUT2D eigenvalue weighted by Crippen LogP contribution is 2.39. The van der Waals surface area contributed by atoms with Crippen molar-refractivity contribution in [2.24, 2.45) is 0 Å². The molecule has 21 heteroatoms. The van der Waals surface area contributed by atoms with E-state index in [9.17, 15) is 33.6 Å². The molecule has 4 aromatic rings. The van der Waals surface area contributed by atoms with Gasteiger partial charge in [-0.05, 0) is 55.7 Å². The number of carbonyl (C=O) groups is 7. The fraction of sp³-hybridized carbons (Fsp3) is 0.431. The van der Waals surface area contributed by atoms with Crippen LogP contribution in [0.5, 0.6) is 11.5 Å². The lowest BCUT2D eigenvalue weighted by molar-refractivity contribution is -0.136. The predicted molar refractivity (Wildman–Crippen MR) is 264 cm³/mol. The second kappa shape index (κ2) is 23.7. The third kappa shape index (κ3) is 11.9. The molecule has 4 aliphatic heterocycles. The molecule has 0 saturated carbocycles. The summed E-state index contributed by atoms with van der Waals surface area (Å²) in [4.78, 5) is 107. The van der Waals surface area contributed by atoms with Gasteiger partial charge < -0.3 is 43.7 Å². The van der Waals surface area contributed by atoms with Crippen LogP contribution < -0.4 is 34.8 Å².